The number of carbonyl (C=O) groups is 1. The molecule has 1 unspecified atom stereocenters. The predicted octanol–water partition coefficient (Wildman–Crippen LogP) is 4.93. The number of rotatable bonds is 3. The summed E-state index contributed by atoms with van der Waals surface area (Å²) in [7, 11) is 1.41. The normalized spacial score (nSPS) is 19.5. The van der Waals surface area contributed by atoms with Crippen molar-refractivity contribution in [1.29, 1.82) is 0 Å². The fourth-order valence-electron chi connectivity index (χ4n) is 4.63. The van der Waals surface area contributed by atoms with Crippen LogP contribution in [-0.2, 0) is 4.74 Å². The number of halogens is 1. The Morgan fingerprint density at radius 1 is 1.25 bits per heavy atom. The van der Waals surface area contributed by atoms with Crippen LogP contribution in [0.5, 0.6) is 11.5 Å². The van der Waals surface area contributed by atoms with Crippen molar-refractivity contribution >= 4 is 17.3 Å². The molecule has 0 fully saturated rings. The zero-order chi connectivity index (χ0) is 25.1. The number of carbonyl (C=O) groups excluding carboxylic acids is 1. The molecule has 4 heterocycles. The van der Waals surface area contributed by atoms with Crippen molar-refractivity contribution in [3.8, 4) is 22.8 Å². The lowest BCUT2D eigenvalue weighted by Gasteiger charge is -2.24. The Morgan fingerprint density at radius 3 is 3.00 bits per heavy atom. The molecule has 36 heavy (non-hydrogen) atoms. The van der Waals surface area contributed by atoms with Gasteiger partial charge in [-0.3, -0.25) is 9.78 Å². The number of ether oxygens (including phenoxy) is 3. The first-order valence-corrected chi connectivity index (χ1v) is 12.0. The minimum Gasteiger partial charge on any atom is -0.492 e. The molecular formula is C27H29FN4O4. The molecule has 3 aromatic rings. The van der Waals surface area contributed by atoms with Gasteiger partial charge < -0.3 is 29.8 Å². The van der Waals surface area contributed by atoms with E-state index in [1.807, 2.05) is 6.07 Å². The highest BCUT2D eigenvalue weighted by Crippen LogP contribution is 2.44. The molecule has 2 aromatic heterocycles. The number of nitrogens with zero attached hydrogens (tertiary/aromatic N) is 1. The van der Waals surface area contributed by atoms with Crippen molar-refractivity contribution < 1.29 is 23.4 Å². The number of amides is 1. The standard InChI is InChI=1S/C27H29FN4O4/c1-16-7-11-35-12-9-17-14-30-27(33)22-23(17)32-24(18-6-10-29-15-21(18)36-13-8-16)25(22)31-20-5-3-4-19(28)26(20)34-2/h3-7,10,15,17,31-32H,8-9,11-14H2,1-2H3,(H,30,33)/b16-7-. The van der Waals surface area contributed by atoms with Crippen LogP contribution in [0.3, 0.4) is 0 Å². The molecule has 9 heteroatoms. The summed E-state index contributed by atoms with van der Waals surface area (Å²) >= 11 is 0. The van der Waals surface area contributed by atoms with Crippen molar-refractivity contribution in [3.05, 3.63) is 65.4 Å². The molecule has 8 nitrogen and oxygen atoms in total. The van der Waals surface area contributed by atoms with Crippen molar-refractivity contribution in [1.82, 2.24) is 15.3 Å². The molecular weight excluding hydrogens is 463 g/mol. The van der Waals surface area contributed by atoms with Gasteiger partial charge in [-0.2, -0.15) is 0 Å². The summed E-state index contributed by atoms with van der Waals surface area (Å²) in [5.41, 5.74) is 4.81. The first-order valence-electron chi connectivity index (χ1n) is 12.0. The van der Waals surface area contributed by atoms with E-state index in [2.05, 4.69) is 33.6 Å². The number of hydrogen-bond donors (Lipinski definition) is 3. The highest BCUT2D eigenvalue weighted by atomic mass is 19.1. The van der Waals surface area contributed by atoms with Gasteiger partial charge in [0.1, 0.15) is 5.75 Å². The van der Waals surface area contributed by atoms with Crippen LogP contribution in [0.1, 0.15) is 41.7 Å². The number of H-pyrrole nitrogens is 1. The molecule has 0 spiro atoms. The number of aromatic amines is 1. The zero-order valence-electron chi connectivity index (χ0n) is 20.3. The first-order chi connectivity index (χ1) is 17.6. The second kappa shape index (κ2) is 10.4. The van der Waals surface area contributed by atoms with E-state index >= 15 is 0 Å². The number of anilines is 2. The quantitative estimate of drug-likeness (QED) is 0.449. The second-order valence-corrected chi connectivity index (χ2v) is 8.90. The van der Waals surface area contributed by atoms with Gasteiger partial charge in [-0.25, -0.2) is 4.39 Å². The number of pyridine rings is 1. The lowest BCUT2D eigenvalue weighted by atomic mass is 9.93. The number of hydrogen-bond acceptors (Lipinski definition) is 6. The Kier molecular flexibility index (Phi) is 6.90. The molecule has 0 saturated heterocycles. The van der Waals surface area contributed by atoms with Crippen molar-refractivity contribution in [3.63, 3.8) is 0 Å². The van der Waals surface area contributed by atoms with E-state index in [9.17, 15) is 9.18 Å². The average molecular weight is 493 g/mol. The topological polar surface area (TPSA) is 97.5 Å². The van der Waals surface area contributed by atoms with E-state index in [-0.39, 0.29) is 17.6 Å². The Bertz CT molecular complexity index is 1300. The maximum Gasteiger partial charge on any atom is 0.255 e. The van der Waals surface area contributed by atoms with Crippen LogP contribution in [0.4, 0.5) is 15.8 Å². The number of para-hydroxylation sites is 1. The second-order valence-electron chi connectivity index (χ2n) is 8.90. The third-order valence-electron chi connectivity index (χ3n) is 6.57. The molecule has 1 atom stereocenters. The van der Waals surface area contributed by atoms with E-state index < -0.39 is 5.82 Å². The van der Waals surface area contributed by atoms with E-state index in [0.717, 1.165) is 24.1 Å². The van der Waals surface area contributed by atoms with Crippen LogP contribution in [0.25, 0.3) is 11.3 Å². The fraction of sp³-hybridized carbons (Fsp3) is 0.333. The van der Waals surface area contributed by atoms with Gasteiger partial charge in [0.05, 0.1) is 49.2 Å². The van der Waals surface area contributed by atoms with Crippen LogP contribution in [-0.4, -0.2) is 49.4 Å². The molecule has 5 rings (SSSR count). The van der Waals surface area contributed by atoms with Crippen LogP contribution in [0, 0.1) is 5.82 Å². The molecule has 2 aliphatic rings. The highest BCUT2D eigenvalue weighted by molar-refractivity contribution is 6.07. The van der Waals surface area contributed by atoms with Gasteiger partial charge in [-0.1, -0.05) is 17.7 Å². The third kappa shape index (κ3) is 4.66. The fourth-order valence-corrected chi connectivity index (χ4v) is 4.63. The van der Waals surface area contributed by atoms with E-state index in [1.54, 1.807) is 24.5 Å². The molecule has 1 amide bonds. The summed E-state index contributed by atoms with van der Waals surface area (Å²) in [6.07, 6.45) is 6.89. The maximum atomic E-state index is 14.5. The van der Waals surface area contributed by atoms with Gasteiger partial charge in [-0.15, -0.1) is 0 Å². The lowest BCUT2D eigenvalue weighted by Crippen LogP contribution is -2.35. The summed E-state index contributed by atoms with van der Waals surface area (Å²) in [6, 6.07) is 6.48. The summed E-state index contributed by atoms with van der Waals surface area (Å²) in [5, 5.41) is 6.29. The zero-order valence-corrected chi connectivity index (χ0v) is 20.3. The first kappa shape index (κ1) is 23.9. The van der Waals surface area contributed by atoms with Crippen molar-refractivity contribution in [2.75, 3.05) is 38.8 Å². The number of benzene rings is 1. The molecule has 0 aliphatic carbocycles. The third-order valence-corrected chi connectivity index (χ3v) is 6.57. The Balaban J connectivity index is 1.67. The van der Waals surface area contributed by atoms with Crippen LogP contribution < -0.4 is 20.1 Å². The number of aromatic nitrogens is 2. The molecule has 3 N–H and O–H groups in total. The summed E-state index contributed by atoms with van der Waals surface area (Å²) in [5.74, 6) is -0.0447. The van der Waals surface area contributed by atoms with Gasteiger partial charge in [0.15, 0.2) is 11.6 Å². The Labute approximate surface area is 208 Å². The molecule has 2 bridgehead atoms. The van der Waals surface area contributed by atoms with E-state index in [4.69, 9.17) is 14.2 Å². The minimum atomic E-state index is -0.501. The summed E-state index contributed by atoms with van der Waals surface area (Å²) in [6.45, 7) is 4.09. The number of fused-ring (bicyclic) bond motifs is 3. The number of nitrogens with one attached hydrogen (secondary N) is 3. The monoisotopic (exact) mass is 492 g/mol. The minimum absolute atomic E-state index is 0.0165. The van der Waals surface area contributed by atoms with Gasteiger partial charge in [-0.05, 0) is 31.5 Å². The molecule has 2 aliphatic heterocycles. The lowest BCUT2D eigenvalue weighted by molar-refractivity contribution is 0.0932. The summed E-state index contributed by atoms with van der Waals surface area (Å²) in [4.78, 5) is 20.9. The molecule has 188 valence electrons. The van der Waals surface area contributed by atoms with E-state index in [0.29, 0.717) is 54.7 Å². The van der Waals surface area contributed by atoms with Crippen molar-refractivity contribution in [2.24, 2.45) is 0 Å². The highest BCUT2D eigenvalue weighted by Gasteiger charge is 2.33. The molecule has 0 radical (unpaired) electrons. The van der Waals surface area contributed by atoms with Crippen LogP contribution in [0.15, 0.2) is 48.3 Å². The number of methoxy groups -OCH3 is 1. The Morgan fingerprint density at radius 2 is 2.14 bits per heavy atom. The van der Waals surface area contributed by atoms with Crippen LogP contribution >= 0.6 is 0 Å². The average Bonchev–Trinajstić information content (AvgIpc) is 3.25. The van der Waals surface area contributed by atoms with Gasteiger partial charge >= 0.3 is 0 Å². The smallest absolute Gasteiger partial charge is 0.255 e. The van der Waals surface area contributed by atoms with Crippen molar-refractivity contribution in [2.45, 2.75) is 25.7 Å². The molecule has 0 saturated carbocycles. The van der Waals surface area contributed by atoms with Gasteiger partial charge in [0.25, 0.3) is 5.91 Å². The van der Waals surface area contributed by atoms with E-state index in [1.165, 1.54) is 18.7 Å². The Hall–Kier alpha value is -3.85. The molecule has 1 aromatic carbocycles. The maximum absolute atomic E-state index is 14.5. The van der Waals surface area contributed by atoms with Crippen LogP contribution in [0.2, 0.25) is 0 Å². The van der Waals surface area contributed by atoms with Gasteiger partial charge in [0, 0.05) is 42.9 Å². The van der Waals surface area contributed by atoms with Gasteiger partial charge in [0.2, 0.25) is 0 Å². The summed E-state index contributed by atoms with van der Waals surface area (Å²) < 4.78 is 31.8. The SMILES string of the molecule is COc1c(F)cccc1Nc1c2[nH]c3c1C(=O)NCC3CCOC/C=C(/C)CCOc1cnccc1-2. The largest absolute Gasteiger partial charge is 0.492 e. The predicted molar refractivity (Wildman–Crippen MR) is 135 cm³/mol.